The van der Waals surface area contributed by atoms with Gasteiger partial charge in [0, 0.05) is 24.3 Å². The first-order valence-electron chi connectivity index (χ1n) is 5.14. The molecule has 1 amide bonds. The average Bonchev–Trinajstić information content (AvgIpc) is 2.29. The number of pyridine rings is 1. The molecule has 88 valence electrons. The van der Waals surface area contributed by atoms with E-state index in [-0.39, 0.29) is 12.5 Å². The van der Waals surface area contributed by atoms with Crippen LogP contribution in [-0.2, 0) is 4.79 Å². The third-order valence-electron chi connectivity index (χ3n) is 2.37. The quantitative estimate of drug-likeness (QED) is 0.921. The number of likely N-dealkylation sites (N-methyl/N-ethyl adjacent to an activating group) is 1. The second kappa shape index (κ2) is 5.84. The average molecular weight is 286 g/mol. The number of hydrogen-bond donors (Lipinski definition) is 1. The first kappa shape index (κ1) is 13.0. The van der Waals surface area contributed by atoms with E-state index in [4.69, 9.17) is 0 Å². The maximum Gasteiger partial charge on any atom is 0.241 e. The van der Waals surface area contributed by atoms with Gasteiger partial charge in [-0.15, -0.1) is 0 Å². The number of amides is 1. The molecule has 0 spiro atoms. The van der Waals surface area contributed by atoms with Gasteiger partial charge in [-0.1, -0.05) is 0 Å². The summed E-state index contributed by atoms with van der Waals surface area (Å²) in [6.07, 6.45) is 1.73. The monoisotopic (exact) mass is 285 g/mol. The van der Waals surface area contributed by atoms with Crippen molar-refractivity contribution in [2.24, 2.45) is 0 Å². The number of hydrogen-bond acceptors (Lipinski definition) is 3. The summed E-state index contributed by atoms with van der Waals surface area (Å²) in [5.74, 6) is 0.781. The highest BCUT2D eigenvalue weighted by Crippen LogP contribution is 2.16. The van der Waals surface area contributed by atoms with Crippen LogP contribution < -0.4 is 5.32 Å². The van der Waals surface area contributed by atoms with Gasteiger partial charge in [-0.05, 0) is 41.4 Å². The van der Waals surface area contributed by atoms with Gasteiger partial charge in [0.05, 0.1) is 6.54 Å². The Morgan fingerprint density at radius 3 is 2.88 bits per heavy atom. The molecule has 1 aromatic rings. The molecule has 0 saturated carbocycles. The molecule has 1 rings (SSSR count). The summed E-state index contributed by atoms with van der Waals surface area (Å²) < 4.78 is 0.968. The molecule has 0 aliphatic rings. The van der Waals surface area contributed by atoms with Crippen molar-refractivity contribution in [1.82, 2.24) is 9.88 Å². The number of anilines is 1. The first-order valence-corrected chi connectivity index (χ1v) is 5.94. The number of carbonyl (C=O) groups excluding carboxylic acids is 1. The van der Waals surface area contributed by atoms with Gasteiger partial charge in [-0.25, -0.2) is 4.98 Å². The van der Waals surface area contributed by atoms with Crippen LogP contribution in [0.15, 0.2) is 16.7 Å². The standard InChI is InChI=1S/C11H16BrN3O/c1-4-15(3)11(16)7-14-10-5-8(2)9(12)6-13-10/h5-6H,4,7H2,1-3H3,(H,13,14). The smallest absolute Gasteiger partial charge is 0.241 e. The molecule has 1 heterocycles. The lowest BCUT2D eigenvalue weighted by Gasteiger charge is -2.15. The van der Waals surface area contributed by atoms with Crippen LogP contribution in [-0.4, -0.2) is 35.9 Å². The van der Waals surface area contributed by atoms with Crippen molar-refractivity contribution < 1.29 is 4.79 Å². The van der Waals surface area contributed by atoms with Gasteiger partial charge in [0.25, 0.3) is 0 Å². The summed E-state index contributed by atoms with van der Waals surface area (Å²) in [7, 11) is 1.78. The Kier molecular flexibility index (Phi) is 4.73. The summed E-state index contributed by atoms with van der Waals surface area (Å²) in [4.78, 5) is 17.4. The highest BCUT2D eigenvalue weighted by atomic mass is 79.9. The first-order chi connectivity index (χ1) is 7.54. The van der Waals surface area contributed by atoms with E-state index in [1.54, 1.807) is 18.1 Å². The Bertz CT molecular complexity index is 381. The second-order valence-electron chi connectivity index (χ2n) is 3.58. The normalized spacial score (nSPS) is 10.0. The van der Waals surface area contributed by atoms with Crippen molar-refractivity contribution in [2.45, 2.75) is 13.8 Å². The van der Waals surface area contributed by atoms with Crippen LogP contribution in [0.25, 0.3) is 0 Å². The number of carbonyl (C=O) groups is 1. The van der Waals surface area contributed by atoms with Gasteiger partial charge in [0.2, 0.25) is 5.91 Å². The Morgan fingerprint density at radius 1 is 1.62 bits per heavy atom. The molecule has 1 aromatic heterocycles. The fourth-order valence-electron chi connectivity index (χ4n) is 1.11. The van der Waals surface area contributed by atoms with E-state index in [0.29, 0.717) is 6.54 Å². The summed E-state index contributed by atoms with van der Waals surface area (Å²) in [6, 6.07) is 1.91. The van der Waals surface area contributed by atoms with Gasteiger partial charge in [-0.2, -0.15) is 0 Å². The predicted octanol–water partition coefficient (Wildman–Crippen LogP) is 2.04. The molecule has 0 unspecified atom stereocenters. The summed E-state index contributed by atoms with van der Waals surface area (Å²) in [5, 5.41) is 3.00. The Morgan fingerprint density at radius 2 is 2.31 bits per heavy atom. The molecule has 0 aliphatic heterocycles. The van der Waals surface area contributed by atoms with E-state index >= 15 is 0 Å². The van der Waals surface area contributed by atoms with Crippen LogP contribution in [0.2, 0.25) is 0 Å². The number of nitrogens with one attached hydrogen (secondary N) is 1. The van der Waals surface area contributed by atoms with Crippen molar-refractivity contribution in [3.05, 3.63) is 22.3 Å². The molecule has 0 aliphatic carbocycles. The van der Waals surface area contributed by atoms with E-state index in [2.05, 4.69) is 26.2 Å². The number of rotatable bonds is 4. The van der Waals surface area contributed by atoms with Crippen LogP contribution >= 0.6 is 15.9 Å². The zero-order valence-electron chi connectivity index (χ0n) is 9.75. The number of nitrogens with zero attached hydrogens (tertiary/aromatic N) is 2. The number of aryl methyl sites for hydroxylation is 1. The molecule has 0 saturated heterocycles. The molecular weight excluding hydrogens is 270 g/mol. The topological polar surface area (TPSA) is 45.2 Å². The number of aromatic nitrogens is 1. The van der Waals surface area contributed by atoms with Gasteiger partial charge >= 0.3 is 0 Å². The predicted molar refractivity (Wildman–Crippen MR) is 68.5 cm³/mol. The maximum atomic E-state index is 11.5. The minimum atomic E-state index is 0.0601. The van der Waals surface area contributed by atoms with Gasteiger partial charge in [0.1, 0.15) is 5.82 Å². The molecule has 1 N–H and O–H groups in total. The van der Waals surface area contributed by atoms with E-state index in [9.17, 15) is 4.79 Å². The minimum Gasteiger partial charge on any atom is -0.361 e. The summed E-state index contributed by atoms with van der Waals surface area (Å²) in [5.41, 5.74) is 1.09. The zero-order chi connectivity index (χ0) is 12.1. The fourth-order valence-corrected chi connectivity index (χ4v) is 1.33. The van der Waals surface area contributed by atoms with Crippen LogP contribution in [0.3, 0.4) is 0 Å². The van der Waals surface area contributed by atoms with Gasteiger partial charge < -0.3 is 10.2 Å². The molecule has 0 bridgehead atoms. The molecular formula is C11H16BrN3O. The highest BCUT2D eigenvalue weighted by Gasteiger charge is 2.06. The highest BCUT2D eigenvalue weighted by molar-refractivity contribution is 9.10. The summed E-state index contributed by atoms with van der Waals surface area (Å²) in [6.45, 7) is 4.92. The Hall–Kier alpha value is -1.10. The fraction of sp³-hybridized carbons (Fsp3) is 0.455. The largest absolute Gasteiger partial charge is 0.361 e. The zero-order valence-corrected chi connectivity index (χ0v) is 11.3. The molecule has 0 atom stereocenters. The van der Waals surface area contributed by atoms with E-state index < -0.39 is 0 Å². The third kappa shape index (κ3) is 3.48. The number of halogens is 1. The maximum absolute atomic E-state index is 11.5. The Balaban J connectivity index is 2.55. The van der Waals surface area contributed by atoms with Crippen molar-refractivity contribution in [1.29, 1.82) is 0 Å². The SMILES string of the molecule is CCN(C)C(=O)CNc1cc(C)c(Br)cn1. The lowest BCUT2D eigenvalue weighted by atomic mass is 10.3. The summed E-state index contributed by atoms with van der Waals surface area (Å²) >= 11 is 3.38. The molecule has 4 nitrogen and oxygen atoms in total. The van der Waals surface area contributed by atoms with E-state index in [1.807, 2.05) is 19.9 Å². The van der Waals surface area contributed by atoms with Crippen LogP contribution in [0, 0.1) is 6.92 Å². The van der Waals surface area contributed by atoms with Crippen molar-refractivity contribution in [3.8, 4) is 0 Å². The minimum absolute atomic E-state index is 0.0601. The molecule has 0 aromatic carbocycles. The van der Waals surface area contributed by atoms with Crippen LogP contribution in [0.5, 0.6) is 0 Å². The van der Waals surface area contributed by atoms with Gasteiger partial charge in [0.15, 0.2) is 0 Å². The molecule has 5 heteroatoms. The Labute approximate surface area is 104 Å². The van der Waals surface area contributed by atoms with Crippen LogP contribution in [0.4, 0.5) is 5.82 Å². The van der Waals surface area contributed by atoms with E-state index in [0.717, 1.165) is 15.9 Å². The second-order valence-corrected chi connectivity index (χ2v) is 4.43. The molecule has 0 radical (unpaired) electrons. The molecule has 0 fully saturated rings. The van der Waals surface area contributed by atoms with Crippen LogP contribution in [0.1, 0.15) is 12.5 Å². The van der Waals surface area contributed by atoms with Crippen molar-refractivity contribution in [2.75, 3.05) is 25.5 Å². The molecule has 16 heavy (non-hydrogen) atoms. The van der Waals surface area contributed by atoms with Gasteiger partial charge in [-0.3, -0.25) is 4.79 Å². The lowest BCUT2D eigenvalue weighted by molar-refractivity contribution is -0.127. The van der Waals surface area contributed by atoms with Crippen molar-refractivity contribution >= 4 is 27.7 Å². The third-order valence-corrected chi connectivity index (χ3v) is 3.20. The lowest BCUT2D eigenvalue weighted by Crippen LogP contribution is -2.32. The van der Waals surface area contributed by atoms with E-state index in [1.165, 1.54) is 0 Å². The van der Waals surface area contributed by atoms with Crippen molar-refractivity contribution in [3.63, 3.8) is 0 Å².